The molecule has 1 aromatic carbocycles. The van der Waals surface area contributed by atoms with Crippen LogP contribution in [0.2, 0.25) is 0 Å². The number of hydrogen-bond donors (Lipinski definition) is 1. The van der Waals surface area contributed by atoms with Crippen LogP contribution in [-0.4, -0.2) is 45.1 Å². The molecule has 0 aliphatic heterocycles. The van der Waals surface area contributed by atoms with Gasteiger partial charge in [-0.2, -0.15) is 0 Å². The minimum absolute atomic E-state index is 0.0679. The van der Waals surface area contributed by atoms with Crippen LogP contribution in [0.5, 0.6) is 11.5 Å². The molecule has 1 aliphatic rings. The predicted molar refractivity (Wildman–Crippen MR) is 93.7 cm³/mol. The fourth-order valence-electron chi connectivity index (χ4n) is 2.47. The van der Waals surface area contributed by atoms with Crippen molar-refractivity contribution < 1.29 is 28.8 Å². The standard InChI is InChI=1S/C19H22O6/c1-22-14-9-13(10-15(11-14)23-2)5-6-17(20)16-7-8-19(24-3,25-4)12-18(16)21/h5-11,21H,12H2,1-4H3. The molecule has 0 spiro atoms. The normalized spacial score (nSPS) is 16.3. The summed E-state index contributed by atoms with van der Waals surface area (Å²) in [4.78, 5) is 12.4. The van der Waals surface area contributed by atoms with Crippen LogP contribution >= 0.6 is 0 Å². The van der Waals surface area contributed by atoms with Gasteiger partial charge in [0, 0.05) is 20.3 Å². The Balaban J connectivity index is 2.20. The summed E-state index contributed by atoms with van der Waals surface area (Å²) >= 11 is 0. The van der Waals surface area contributed by atoms with Gasteiger partial charge in [-0.1, -0.05) is 6.08 Å². The Bertz CT molecular complexity index is 703. The van der Waals surface area contributed by atoms with E-state index in [1.807, 2.05) is 0 Å². The number of ether oxygens (including phenoxy) is 4. The monoisotopic (exact) mass is 346 g/mol. The van der Waals surface area contributed by atoms with Crippen LogP contribution in [0.4, 0.5) is 0 Å². The smallest absolute Gasteiger partial charge is 0.194 e. The Labute approximate surface area is 147 Å². The zero-order valence-electron chi connectivity index (χ0n) is 14.7. The summed E-state index contributed by atoms with van der Waals surface area (Å²) < 4.78 is 20.9. The van der Waals surface area contributed by atoms with Crippen molar-refractivity contribution in [1.29, 1.82) is 0 Å². The summed E-state index contributed by atoms with van der Waals surface area (Å²) in [5, 5.41) is 10.2. The van der Waals surface area contributed by atoms with Crippen LogP contribution in [0.25, 0.3) is 6.08 Å². The van der Waals surface area contributed by atoms with Crippen molar-refractivity contribution in [3.8, 4) is 11.5 Å². The summed E-state index contributed by atoms with van der Waals surface area (Å²) in [6.07, 6.45) is 6.21. The molecule has 25 heavy (non-hydrogen) atoms. The molecule has 1 aromatic rings. The van der Waals surface area contributed by atoms with Crippen LogP contribution in [0.1, 0.15) is 12.0 Å². The van der Waals surface area contributed by atoms with E-state index in [1.165, 1.54) is 26.4 Å². The largest absolute Gasteiger partial charge is 0.511 e. The number of carbonyl (C=O) groups excluding carboxylic acids is 1. The van der Waals surface area contributed by atoms with E-state index in [1.54, 1.807) is 44.6 Å². The van der Waals surface area contributed by atoms with Gasteiger partial charge >= 0.3 is 0 Å². The fourth-order valence-corrected chi connectivity index (χ4v) is 2.47. The highest BCUT2D eigenvalue weighted by atomic mass is 16.7. The van der Waals surface area contributed by atoms with Gasteiger partial charge < -0.3 is 24.1 Å². The number of aliphatic hydroxyl groups is 1. The maximum Gasteiger partial charge on any atom is 0.194 e. The molecule has 0 fully saturated rings. The lowest BCUT2D eigenvalue weighted by Gasteiger charge is -2.30. The highest BCUT2D eigenvalue weighted by molar-refractivity contribution is 6.08. The van der Waals surface area contributed by atoms with Gasteiger partial charge in [-0.25, -0.2) is 0 Å². The molecule has 134 valence electrons. The van der Waals surface area contributed by atoms with Gasteiger partial charge in [-0.15, -0.1) is 0 Å². The minimum atomic E-state index is -1.04. The zero-order chi connectivity index (χ0) is 18.4. The number of carbonyl (C=O) groups is 1. The van der Waals surface area contributed by atoms with Crippen molar-refractivity contribution >= 4 is 11.9 Å². The van der Waals surface area contributed by atoms with E-state index >= 15 is 0 Å². The molecule has 2 rings (SSSR count). The van der Waals surface area contributed by atoms with Crippen LogP contribution in [0, 0.1) is 0 Å². The van der Waals surface area contributed by atoms with Crippen molar-refractivity contribution in [3.05, 3.63) is 53.3 Å². The maximum absolute atomic E-state index is 12.4. The Hall–Kier alpha value is -2.57. The predicted octanol–water partition coefficient (Wildman–Crippen LogP) is 3.05. The number of allylic oxidation sites excluding steroid dienone is 3. The molecule has 0 unspecified atom stereocenters. The molecule has 1 N–H and O–H groups in total. The molecule has 0 radical (unpaired) electrons. The maximum atomic E-state index is 12.4. The van der Waals surface area contributed by atoms with E-state index in [0.29, 0.717) is 11.5 Å². The van der Waals surface area contributed by atoms with Crippen molar-refractivity contribution in [1.82, 2.24) is 0 Å². The minimum Gasteiger partial charge on any atom is -0.511 e. The molecule has 1 aliphatic carbocycles. The van der Waals surface area contributed by atoms with Crippen molar-refractivity contribution in [2.24, 2.45) is 0 Å². The number of aliphatic hydroxyl groups excluding tert-OH is 1. The van der Waals surface area contributed by atoms with Crippen molar-refractivity contribution in [2.75, 3.05) is 28.4 Å². The van der Waals surface area contributed by atoms with Crippen molar-refractivity contribution in [2.45, 2.75) is 12.2 Å². The van der Waals surface area contributed by atoms with E-state index in [2.05, 4.69) is 0 Å². The van der Waals surface area contributed by atoms with E-state index in [-0.39, 0.29) is 23.5 Å². The SMILES string of the molecule is COc1cc(C=CC(=O)C2=C(O)CC(OC)(OC)C=C2)cc(OC)c1. The Morgan fingerprint density at radius 3 is 2.16 bits per heavy atom. The fraction of sp³-hybridized carbons (Fsp3) is 0.316. The zero-order valence-corrected chi connectivity index (χ0v) is 14.7. The molecule has 0 atom stereocenters. The van der Waals surface area contributed by atoms with E-state index in [9.17, 15) is 9.90 Å². The molecule has 0 aromatic heterocycles. The van der Waals surface area contributed by atoms with Gasteiger partial charge in [0.15, 0.2) is 11.6 Å². The highest BCUT2D eigenvalue weighted by Crippen LogP contribution is 2.30. The lowest BCUT2D eigenvalue weighted by atomic mass is 9.96. The third kappa shape index (κ3) is 4.29. The molecule has 0 saturated carbocycles. The lowest BCUT2D eigenvalue weighted by molar-refractivity contribution is -0.173. The molecule has 0 amide bonds. The molecule has 0 bridgehead atoms. The first-order chi connectivity index (χ1) is 12.0. The van der Waals surface area contributed by atoms with Crippen LogP contribution in [0.3, 0.4) is 0 Å². The van der Waals surface area contributed by atoms with Crippen molar-refractivity contribution in [3.63, 3.8) is 0 Å². The molecule has 6 heteroatoms. The number of benzene rings is 1. The van der Waals surface area contributed by atoms with Gasteiger partial charge in [0.1, 0.15) is 17.3 Å². The third-order valence-corrected chi connectivity index (χ3v) is 3.99. The quantitative estimate of drug-likeness (QED) is 0.604. The van der Waals surface area contributed by atoms with Gasteiger partial charge in [0.2, 0.25) is 0 Å². The summed E-state index contributed by atoms with van der Waals surface area (Å²) in [6.45, 7) is 0. The van der Waals surface area contributed by atoms with E-state index < -0.39 is 5.79 Å². The van der Waals surface area contributed by atoms with Gasteiger partial charge in [0.25, 0.3) is 0 Å². The lowest BCUT2D eigenvalue weighted by Crippen LogP contribution is -2.34. The second-order valence-corrected chi connectivity index (χ2v) is 5.43. The molecule has 6 nitrogen and oxygen atoms in total. The average Bonchev–Trinajstić information content (AvgIpc) is 2.65. The number of methoxy groups -OCH3 is 4. The second kappa shape index (κ2) is 8.00. The Morgan fingerprint density at radius 1 is 1.08 bits per heavy atom. The molecule has 0 heterocycles. The molecular weight excluding hydrogens is 324 g/mol. The summed E-state index contributed by atoms with van der Waals surface area (Å²) in [6, 6.07) is 5.29. The molecular formula is C19H22O6. The summed E-state index contributed by atoms with van der Waals surface area (Å²) in [7, 11) is 6.07. The van der Waals surface area contributed by atoms with Crippen LogP contribution in [0.15, 0.2) is 47.8 Å². The first kappa shape index (κ1) is 18.8. The first-order valence-electron chi connectivity index (χ1n) is 7.64. The van der Waals surface area contributed by atoms with Crippen LogP contribution in [-0.2, 0) is 14.3 Å². The average molecular weight is 346 g/mol. The van der Waals surface area contributed by atoms with Crippen LogP contribution < -0.4 is 9.47 Å². The Kier molecular flexibility index (Phi) is 6.01. The number of ketones is 1. The van der Waals surface area contributed by atoms with Gasteiger partial charge in [0.05, 0.1) is 26.2 Å². The summed E-state index contributed by atoms with van der Waals surface area (Å²) in [5.41, 5.74) is 0.948. The van der Waals surface area contributed by atoms with Gasteiger partial charge in [-0.05, 0) is 35.9 Å². The number of hydrogen-bond acceptors (Lipinski definition) is 6. The third-order valence-electron chi connectivity index (χ3n) is 3.99. The van der Waals surface area contributed by atoms with E-state index in [0.717, 1.165) is 5.56 Å². The van der Waals surface area contributed by atoms with Gasteiger partial charge in [-0.3, -0.25) is 4.79 Å². The summed E-state index contributed by atoms with van der Waals surface area (Å²) in [5.74, 6) is -0.204. The number of rotatable bonds is 7. The molecule has 0 saturated heterocycles. The van der Waals surface area contributed by atoms with E-state index in [4.69, 9.17) is 18.9 Å². The topological polar surface area (TPSA) is 74.2 Å². The Morgan fingerprint density at radius 2 is 1.68 bits per heavy atom. The first-order valence-corrected chi connectivity index (χ1v) is 7.64. The highest BCUT2D eigenvalue weighted by Gasteiger charge is 2.33. The second-order valence-electron chi connectivity index (χ2n) is 5.43.